The van der Waals surface area contributed by atoms with Gasteiger partial charge in [0.2, 0.25) is 0 Å². The van der Waals surface area contributed by atoms with E-state index in [4.69, 9.17) is 4.74 Å². The van der Waals surface area contributed by atoms with Crippen molar-refractivity contribution in [2.24, 2.45) is 0 Å². The second-order valence-corrected chi connectivity index (χ2v) is 6.23. The minimum atomic E-state index is -0.701. The van der Waals surface area contributed by atoms with E-state index < -0.39 is 5.54 Å². The maximum Gasteiger partial charge on any atom is 0.325 e. The monoisotopic (exact) mass is 301 g/mol. The molecule has 3 aliphatic rings. The third-order valence-corrected chi connectivity index (χ3v) is 4.80. The van der Waals surface area contributed by atoms with Crippen LogP contribution in [0.25, 0.3) is 0 Å². The predicted molar refractivity (Wildman–Crippen MR) is 79.6 cm³/mol. The van der Waals surface area contributed by atoms with Crippen molar-refractivity contribution in [3.63, 3.8) is 0 Å². The van der Waals surface area contributed by atoms with Gasteiger partial charge in [-0.3, -0.25) is 9.69 Å². The maximum absolute atomic E-state index is 12.7. The van der Waals surface area contributed by atoms with Gasteiger partial charge in [-0.25, -0.2) is 4.79 Å². The number of benzene rings is 1. The van der Waals surface area contributed by atoms with Gasteiger partial charge in [-0.2, -0.15) is 0 Å². The predicted octanol–water partition coefficient (Wildman–Crippen LogP) is 0.664. The van der Waals surface area contributed by atoms with Crippen LogP contribution in [0.15, 0.2) is 24.3 Å². The van der Waals surface area contributed by atoms with Crippen LogP contribution in [0.4, 0.5) is 4.79 Å². The van der Waals surface area contributed by atoms with Crippen LogP contribution in [0.5, 0.6) is 5.75 Å². The van der Waals surface area contributed by atoms with Gasteiger partial charge in [0.1, 0.15) is 17.4 Å². The van der Waals surface area contributed by atoms with Gasteiger partial charge in [-0.15, -0.1) is 0 Å². The Balaban J connectivity index is 1.48. The highest BCUT2D eigenvalue weighted by molar-refractivity contribution is 6.07. The van der Waals surface area contributed by atoms with E-state index in [1.807, 2.05) is 24.3 Å². The molecule has 2 N–H and O–H groups in total. The van der Waals surface area contributed by atoms with E-state index in [9.17, 15) is 9.59 Å². The lowest BCUT2D eigenvalue weighted by Gasteiger charge is -2.31. The molecule has 3 heterocycles. The highest BCUT2D eigenvalue weighted by Crippen LogP contribution is 2.31. The van der Waals surface area contributed by atoms with Crippen LogP contribution in [0.2, 0.25) is 0 Å². The van der Waals surface area contributed by atoms with E-state index in [0.717, 1.165) is 30.8 Å². The molecule has 116 valence electrons. The summed E-state index contributed by atoms with van der Waals surface area (Å²) in [6, 6.07) is 7.57. The van der Waals surface area contributed by atoms with Crippen LogP contribution >= 0.6 is 0 Å². The Morgan fingerprint density at radius 2 is 2.00 bits per heavy atom. The number of piperidine rings is 1. The molecule has 22 heavy (non-hydrogen) atoms. The first-order chi connectivity index (χ1) is 10.7. The zero-order valence-corrected chi connectivity index (χ0v) is 12.3. The number of amides is 3. The molecular formula is C16H19N3O3. The number of carbonyl (C=O) groups is 2. The molecule has 1 spiro atoms. The zero-order chi connectivity index (χ0) is 15.2. The van der Waals surface area contributed by atoms with Gasteiger partial charge in [0.05, 0.1) is 6.54 Å². The molecule has 0 aromatic heterocycles. The van der Waals surface area contributed by atoms with Crippen LogP contribution in [-0.2, 0) is 11.2 Å². The largest absolute Gasteiger partial charge is 0.488 e. The standard InChI is InChI=1S/C16H19N3O3/c20-14-16(5-7-17-8-6-16)18-15(21)19(14)10-12-9-11-3-1-2-4-13(11)22-12/h1-4,12,17H,5-10H2,(H,18,21)/t12-/m1/s1. The number of fused-ring (bicyclic) bond motifs is 1. The smallest absolute Gasteiger partial charge is 0.325 e. The number of urea groups is 1. The van der Waals surface area contributed by atoms with Crippen LogP contribution in [0.1, 0.15) is 18.4 Å². The van der Waals surface area contributed by atoms with Gasteiger partial charge in [0.15, 0.2) is 0 Å². The molecule has 0 unspecified atom stereocenters. The molecule has 4 rings (SSSR count). The van der Waals surface area contributed by atoms with Gasteiger partial charge in [-0.1, -0.05) is 18.2 Å². The first-order valence-electron chi connectivity index (χ1n) is 7.77. The summed E-state index contributed by atoms with van der Waals surface area (Å²) < 4.78 is 5.86. The lowest BCUT2D eigenvalue weighted by molar-refractivity contribution is -0.132. The van der Waals surface area contributed by atoms with Crippen LogP contribution < -0.4 is 15.4 Å². The van der Waals surface area contributed by atoms with Gasteiger partial charge in [0, 0.05) is 6.42 Å². The number of carbonyl (C=O) groups excluding carboxylic acids is 2. The number of hydrogen-bond acceptors (Lipinski definition) is 4. The summed E-state index contributed by atoms with van der Waals surface area (Å²) in [5.74, 6) is 0.759. The SMILES string of the molecule is O=C1NC2(CCNCC2)C(=O)N1C[C@H]1Cc2ccccc2O1. The molecule has 2 fully saturated rings. The van der Waals surface area contributed by atoms with E-state index in [-0.39, 0.29) is 18.0 Å². The quantitative estimate of drug-likeness (QED) is 0.788. The minimum Gasteiger partial charge on any atom is -0.488 e. The summed E-state index contributed by atoms with van der Waals surface area (Å²) in [6.07, 6.45) is 1.89. The molecular weight excluding hydrogens is 282 g/mol. The first-order valence-corrected chi connectivity index (χ1v) is 7.77. The summed E-state index contributed by atoms with van der Waals surface area (Å²) >= 11 is 0. The van der Waals surface area contributed by atoms with Crippen molar-refractivity contribution in [1.82, 2.24) is 15.5 Å². The lowest BCUT2D eigenvalue weighted by atomic mass is 9.88. The normalized spacial score (nSPS) is 26.0. The zero-order valence-electron chi connectivity index (χ0n) is 12.3. The molecule has 0 aliphatic carbocycles. The van der Waals surface area contributed by atoms with E-state index in [0.29, 0.717) is 19.4 Å². The average molecular weight is 301 g/mol. The molecule has 0 saturated carbocycles. The van der Waals surface area contributed by atoms with Crippen LogP contribution in [0.3, 0.4) is 0 Å². The number of para-hydroxylation sites is 1. The fourth-order valence-electron chi connectivity index (χ4n) is 3.59. The first kappa shape index (κ1) is 13.6. The molecule has 3 aliphatic heterocycles. The number of nitrogens with zero attached hydrogens (tertiary/aromatic N) is 1. The number of hydrogen-bond donors (Lipinski definition) is 2. The molecule has 1 aromatic carbocycles. The second-order valence-electron chi connectivity index (χ2n) is 6.23. The van der Waals surface area contributed by atoms with Crippen molar-refractivity contribution in [1.29, 1.82) is 0 Å². The fraction of sp³-hybridized carbons (Fsp3) is 0.500. The Morgan fingerprint density at radius 3 is 2.77 bits per heavy atom. The van der Waals surface area contributed by atoms with Gasteiger partial charge < -0.3 is 15.4 Å². The van der Waals surface area contributed by atoms with Gasteiger partial charge in [-0.05, 0) is 37.6 Å². The highest BCUT2D eigenvalue weighted by atomic mass is 16.5. The summed E-state index contributed by atoms with van der Waals surface area (Å²) in [5.41, 5.74) is 0.435. The summed E-state index contributed by atoms with van der Waals surface area (Å²) in [6.45, 7) is 1.82. The number of rotatable bonds is 2. The number of imide groups is 1. The molecule has 1 atom stereocenters. The van der Waals surface area contributed by atoms with E-state index in [1.54, 1.807) is 0 Å². The fourth-order valence-corrected chi connectivity index (χ4v) is 3.59. The van der Waals surface area contributed by atoms with Crippen molar-refractivity contribution >= 4 is 11.9 Å². The third kappa shape index (κ3) is 2.06. The van der Waals surface area contributed by atoms with Crippen molar-refractivity contribution in [2.75, 3.05) is 19.6 Å². The van der Waals surface area contributed by atoms with Crippen molar-refractivity contribution < 1.29 is 14.3 Å². The van der Waals surface area contributed by atoms with E-state index in [2.05, 4.69) is 10.6 Å². The summed E-state index contributed by atoms with van der Waals surface area (Å²) in [7, 11) is 0. The molecule has 1 aromatic rings. The van der Waals surface area contributed by atoms with Gasteiger partial charge >= 0.3 is 6.03 Å². The van der Waals surface area contributed by atoms with E-state index in [1.165, 1.54) is 4.90 Å². The molecule has 2 saturated heterocycles. The molecule has 0 bridgehead atoms. The van der Waals surface area contributed by atoms with Crippen molar-refractivity contribution in [2.45, 2.75) is 30.9 Å². The Labute approximate surface area is 128 Å². The number of ether oxygens (including phenoxy) is 1. The maximum atomic E-state index is 12.7. The minimum absolute atomic E-state index is 0.0986. The third-order valence-electron chi connectivity index (χ3n) is 4.80. The average Bonchev–Trinajstić information content (AvgIpc) is 3.03. The topological polar surface area (TPSA) is 70.7 Å². The lowest BCUT2D eigenvalue weighted by Crippen LogP contribution is -2.54. The molecule has 6 nitrogen and oxygen atoms in total. The molecule has 6 heteroatoms. The molecule has 0 radical (unpaired) electrons. The second kappa shape index (κ2) is 4.98. The van der Waals surface area contributed by atoms with Gasteiger partial charge in [0.25, 0.3) is 5.91 Å². The van der Waals surface area contributed by atoms with Crippen molar-refractivity contribution in [3.05, 3.63) is 29.8 Å². The summed E-state index contributed by atoms with van der Waals surface area (Å²) in [4.78, 5) is 26.3. The Bertz CT molecular complexity index is 600. The van der Waals surface area contributed by atoms with Crippen LogP contribution in [-0.4, -0.2) is 48.1 Å². The Morgan fingerprint density at radius 1 is 1.23 bits per heavy atom. The van der Waals surface area contributed by atoms with E-state index >= 15 is 0 Å². The number of nitrogens with one attached hydrogen (secondary N) is 2. The highest BCUT2D eigenvalue weighted by Gasteiger charge is 2.52. The Kier molecular flexibility index (Phi) is 3.07. The Hall–Kier alpha value is -2.08. The van der Waals surface area contributed by atoms with Crippen molar-refractivity contribution in [3.8, 4) is 5.75 Å². The van der Waals surface area contributed by atoms with Crippen LogP contribution in [0, 0.1) is 0 Å². The molecule has 3 amide bonds. The summed E-state index contributed by atoms with van der Waals surface area (Å²) in [5, 5.41) is 6.13.